The molecule has 2 heterocycles. The molecule has 16 heavy (non-hydrogen) atoms. The Kier molecular flexibility index (Phi) is 3.51. The number of aromatic nitrogens is 2. The highest BCUT2D eigenvalue weighted by Crippen LogP contribution is 2.22. The fourth-order valence-corrected chi connectivity index (χ4v) is 2.37. The first-order valence-corrected chi connectivity index (χ1v) is 6.74. The van der Waals surface area contributed by atoms with Gasteiger partial charge < -0.3 is 10.1 Å². The number of nitrogens with zero attached hydrogens (tertiary/aromatic N) is 2. The molecule has 0 aliphatic carbocycles. The van der Waals surface area contributed by atoms with Crippen molar-refractivity contribution in [2.24, 2.45) is 5.73 Å². The Balaban J connectivity index is 2.47. The molecule has 0 fully saturated rings. The van der Waals surface area contributed by atoms with E-state index in [9.17, 15) is 0 Å². The van der Waals surface area contributed by atoms with E-state index in [-0.39, 0.29) is 6.04 Å². The van der Waals surface area contributed by atoms with Gasteiger partial charge in [0, 0.05) is 18.7 Å². The molecule has 86 valence electrons. The molecule has 0 aliphatic rings. The summed E-state index contributed by atoms with van der Waals surface area (Å²) in [5.74, 6) is 0. The van der Waals surface area contributed by atoms with Gasteiger partial charge in [-0.2, -0.15) is 0 Å². The summed E-state index contributed by atoms with van der Waals surface area (Å²) in [4.78, 5) is 4.59. The third kappa shape index (κ3) is 2.08. The lowest BCUT2D eigenvalue weighted by atomic mass is 10.1. The van der Waals surface area contributed by atoms with Crippen molar-refractivity contribution in [2.75, 3.05) is 6.26 Å². The summed E-state index contributed by atoms with van der Waals surface area (Å²) in [7, 11) is 0. The van der Waals surface area contributed by atoms with Crippen LogP contribution in [0, 0.1) is 0 Å². The summed E-state index contributed by atoms with van der Waals surface area (Å²) in [5, 5.41) is 1.09. The minimum absolute atomic E-state index is 0.214. The van der Waals surface area contributed by atoms with Gasteiger partial charge in [-0.05, 0) is 24.8 Å². The second-order valence-corrected chi connectivity index (χ2v) is 4.66. The van der Waals surface area contributed by atoms with Gasteiger partial charge in [0.15, 0.2) is 0 Å². The van der Waals surface area contributed by atoms with Crippen LogP contribution in [0.2, 0.25) is 0 Å². The van der Waals surface area contributed by atoms with Crippen LogP contribution in [0.15, 0.2) is 29.4 Å². The van der Waals surface area contributed by atoms with E-state index >= 15 is 0 Å². The maximum atomic E-state index is 6.03. The van der Waals surface area contributed by atoms with Gasteiger partial charge in [0.25, 0.3) is 0 Å². The van der Waals surface area contributed by atoms with Crippen LogP contribution in [0.1, 0.15) is 19.0 Å². The zero-order valence-corrected chi connectivity index (χ0v) is 10.5. The van der Waals surface area contributed by atoms with Crippen molar-refractivity contribution >= 4 is 17.4 Å². The third-order valence-corrected chi connectivity index (χ3v) is 3.48. The molecule has 2 rings (SSSR count). The van der Waals surface area contributed by atoms with Crippen LogP contribution in [0.4, 0.5) is 0 Å². The predicted octanol–water partition coefficient (Wildman–Crippen LogP) is 2.34. The molecule has 4 heteroatoms. The fraction of sp³-hybridized carbons (Fsp3) is 0.417. The van der Waals surface area contributed by atoms with Crippen molar-refractivity contribution in [1.29, 1.82) is 0 Å². The Hall–Kier alpha value is -1.00. The molecule has 0 saturated carbocycles. The van der Waals surface area contributed by atoms with Crippen molar-refractivity contribution in [1.82, 2.24) is 9.38 Å². The molecular formula is C12H17N3S. The van der Waals surface area contributed by atoms with Crippen LogP contribution >= 0.6 is 11.8 Å². The molecule has 2 aromatic heterocycles. The molecule has 2 N–H and O–H groups in total. The fourth-order valence-electron chi connectivity index (χ4n) is 1.77. The average Bonchev–Trinajstić information content (AvgIpc) is 2.67. The monoisotopic (exact) mass is 235 g/mol. The van der Waals surface area contributed by atoms with Gasteiger partial charge in [-0.25, -0.2) is 4.98 Å². The number of imidazole rings is 1. The molecule has 0 radical (unpaired) electrons. The van der Waals surface area contributed by atoms with E-state index in [1.54, 1.807) is 11.8 Å². The smallest absolute Gasteiger partial charge is 0.138 e. The van der Waals surface area contributed by atoms with E-state index in [4.69, 9.17) is 5.73 Å². The Morgan fingerprint density at radius 2 is 2.31 bits per heavy atom. The van der Waals surface area contributed by atoms with Gasteiger partial charge in [0.05, 0.1) is 5.69 Å². The molecule has 0 aliphatic heterocycles. The Bertz CT molecular complexity index is 478. The average molecular weight is 235 g/mol. The van der Waals surface area contributed by atoms with Gasteiger partial charge in [-0.1, -0.05) is 13.0 Å². The first-order chi connectivity index (χ1) is 7.76. The van der Waals surface area contributed by atoms with Gasteiger partial charge >= 0.3 is 0 Å². The zero-order valence-electron chi connectivity index (χ0n) is 9.68. The molecule has 3 nitrogen and oxygen atoms in total. The Labute approximate surface area is 100 Å². The van der Waals surface area contributed by atoms with E-state index in [0.717, 1.165) is 23.5 Å². The Morgan fingerprint density at radius 3 is 3.00 bits per heavy atom. The minimum Gasteiger partial charge on any atom is -0.327 e. The van der Waals surface area contributed by atoms with Crippen LogP contribution < -0.4 is 5.73 Å². The third-order valence-electron chi connectivity index (χ3n) is 2.77. The molecular weight excluding hydrogens is 218 g/mol. The predicted molar refractivity (Wildman–Crippen MR) is 68.9 cm³/mol. The number of rotatable bonds is 4. The summed E-state index contributed by atoms with van der Waals surface area (Å²) < 4.78 is 2.14. The van der Waals surface area contributed by atoms with Crippen molar-refractivity contribution in [3.8, 4) is 0 Å². The van der Waals surface area contributed by atoms with Gasteiger partial charge in [0.1, 0.15) is 10.7 Å². The second-order valence-electron chi connectivity index (χ2n) is 3.87. The maximum absolute atomic E-state index is 6.03. The number of pyridine rings is 1. The number of hydrogen-bond donors (Lipinski definition) is 1. The van der Waals surface area contributed by atoms with Crippen LogP contribution in [-0.2, 0) is 6.42 Å². The molecule has 1 unspecified atom stereocenters. The SMILES string of the molecule is CCC(N)Cc1c(SC)nc2ccccn12. The number of hydrogen-bond acceptors (Lipinski definition) is 3. The molecule has 0 saturated heterocycles. The summed E-state index contributed by atoms with van der Waals surface area (Å²) in [5.41, 5.74) is 8.27. The van der Waals surface area contributed by atoms with Crippen molar-refractivity contribution in [2.45, 2.75) is 30.8 Å². The molecule has 0 aromatic carbocycles. The molecule has 0 amide bonds. The largest absolute Gasteiger partial charge is 0.327 e. The van der Waals surface area contributed by atoms with Gasteiger partial charge in [-0.15, -0.1) is 11.8 Å². The van der Waals surface area contributed by atoms with Crippen LogP contribution in [-0.4, -0.2) is 21.7 Å². The van der Waals surface area contributed by atoms with E-state index in [2.05, 4.69) is 28.8 Å². The second kappa shape index (κ2) is 4.89. The standard InChI is InChI=1S/C12H17N3S/c1-3-9(13)8-10-12(16-2)14-11-6-4-5-7-15(10)11/h4-7,9H,3,8,13H2,1-2H3. The first-order valence-electron chi connectivity index (χ1n) is 5.51. The first kappa shape index (κ1) is 11.5. The Morgan fingerprint density at radius 1 is 1.50 bits per heavy atom. The molecule has 1 atom stereocenters. The van der Waals surface area contributed by atoms with Gasteiger partial charge in [-0.3, -0.25) is 0 Å². The maximum Gasteiger partial charge on any atom is 0.138 e. The van der Waals surface area contributed by atoms with E-state index < -0.39 is 0 Å². The lowest BCUT2D eigenvalue weighted by Gasteiger charge is -2.09. The number of nitrogens with two attached hydrogens (primary N) is 1. The van der Waals surface area contributed by atoms with E-state index in [1.165, 1.54) is 5.69 Å². The van der Waals surface area contributed by atoms with Crippen LogP contribution in [0.25, 0.3) is 5.65 Å². The van der Waals surface area contributed by atoms with Crippen LogP contribution in [0.5, 0.6) is 0 Å². The summed E-state index contributed by atoms with van der Waals surface area (Å²) in [6, 6.07) is 6.28. The van der Waals surface area contributed by atoms with Gasteiger partial charge in [0.2, 0.25) is 0 Å². The summed E-state index contributed by atoms with van der Waals surface area (Å²) >= 11 is 1.69. The van der Waals surface area contributed by atoms with E-state index in [0.29, 0.717) is 0 Å². The van der Waals surface area contributed by atoms with Crippen molar-refractivity contribution < 1.29 is 0 Å². The lowest BCUT2D eigenvalue weighted by molar-refractivity contribution is 0.627. The highest BCUT2D eigenvalue weighted by atomic mass is 32.2. The molecule has 0 bridgehead atoms. The number of fused-ring (bicyclic) bond motifs is 1. The molecule has 0 spiro atoms. The van der Waals surface area contributed by atoms with Crippen molar-refractivity contribution in [3.63, 3.8) is 0 Å². The minimum atomic E-state index is 0.214. The van der Waals surface area contributed by atoms with Crippen LogP contribution in [0.3, 0.4) is 0 Å². The summed E-state index contributed by atoms with van der Waals surface area (Å²) in [6.45, 7) is 2.12. The normalized spacial score (nSPS) is 13.2. The highest BCUT2D eigenvalue weighted by Gasteiger charge is 2.13. The zero-order chi connectivity index (χ0) is 11.5. The topological polar surface area (TPSA) is 43.3 Å². The highest BCUT2D eigenvalue weighted by molar-refractivity contribution is 7.98. The quantitative estimate of drug-likeness (QED) is 0.827. The van der Waals surface area contributed by atoms with Crippen molar-refractivity contribution in [3.05, 3.63) is 30.1 Å². The molecule has 2 aromatic rings. The summed E-state index contributed by atoms with van der Waals surface area (Å²) in [6.07, 6.45) is 5.99. The van der Waals surface area contributed by atoms with E-state index in [1.807, 2.05) is 18.2 Å². The number of thioether (sulfide) groups is 1. The lowest BCUT2D eigenvalue weighted by Crippen LogP contribution is -2.22.